The molecule has 4 heteroatoms. The Morgan fingerprint density at radius 2 is 2.40 bits per heavy atom. The lowest BCUT2D eigenvalue weighted by Gasteiger charge is -2.09. The third kappa shape index (κ3) is 2.33. The molecule has 0 bridgehead atoms. The second-order valence-electron chi connectivity index (χ2n) is 3.87. The summed E-state index contributed by atoms with van der Waals surface area (Å²) in [7, 11) is 0. The zero-order chi connectivity index (χ0) is 10.9. The van der Waals surface area contributed by atoms with Gasteiger partial charge in [0.25, 0.3) is 0 Å². The first-order valence-corrected chi connectivity index (χ1v) is 4.94. The molecular weight excluding hydrogens is 190 g/mol. The van der Waals surface area contributed by atoms with E-state index in [0.717, 1.165) is 17.8 Å². The van der Waals surface area contributed by atoms with Crippen LogP contribution in [-0.4, -0.2) is 10.9 Å². The van der Waals surface area contributed by atoms with Gasteiger partial charge in [0.2, 0.25) is 5.91 Å². The molecule has 0 spiro atoms. The van der Waals surface area contributed by atoms with Gasteiger partial charge < -0.3 is 11.1 Å². The molecule has 0 saturated heterocycles. The topological polar surface area (TPSA) is 68.0 Å². The molecule has 0 aromatic carbocycles. The minimum Gasteiger partial charge on any atom is -0.351 e. The van der Waals surface area contributed by atoms with E-state index in [1.165, 1.54) is 6.92 Å². The fourth-order valence-corrected chi connectivity index (χ4v) is 1.37. The van der Waals surface area contributed by atoms with Crippen molar-refractivity contribution in [3.05, 3.63) is 36.0 Å². The Morgan fingerprint density at radius 3 is 3.00 bits per heavy atom. The van der Waals surface area contributed by atoms with Crippen molar-refractivity contribution in [2.75, 3.05) is 0 Å². The number of aromatic nitrogens is 1. The summed E-state index contributed by atoms with van der Waals surface area (Å²) < 4.78 is 0. The van der Waals surface area contributed by atoms with Crippen LogP contribution in [0.2, 0.25) is 0 Å². The lowest BCUT2D eigenvalue weighted by atomic mass is 10.1. The molecule has 1 aliphatic rings. The minimum absolute atomic E-state index is 0.0531. The molecule has 79 valence electrons. The van der Waals surface area contributed by atoms with Crippen LogP contribution >= 0.6 is 0 Å². The SMILES string of the molecule is CC(=O)NCc1cccc(C2(N)[CH]C2)n1. The van der Waals surface area contributed by atoms with Gasteiger partial charge in [-0.05, 0) is 25.0 Å². The third-order valence-electron chi connectivity index (χ3n) is 2.45. The van der Waals surface area contributed by atoms with Crippen LogP contribution in [0.5, 0.6) is 0 Å². The number of nitrogens with zero attached hydrogens (tertiary/aromatic N) is 1. The summed E-state index contributed by atoms with van der Waals surface area (Å²) in [4.78, 5) is 15.1. The van der Waals surface area contributed by atoms with Gasteiger partial charge in [0.05, 0.1) is 23.5 Å². The number of pyridine rings is 1. The van der Waals surface area contributed by atoms with E-state index < -0.39 is 0 Å². The number of carbonyl (C=O) groups is 1. The van der Waals surface area contributed by atoms with E-state index in [1.807, 2.05) is 24.6 Å². The third-order valence-corrected chi connectivity index (χ3v) is 2.45. The summed E-state index contributed by atoms with van der Waals surface area (Å²) in [5.74, 6) is -0.0531. The molecule has 1 aromatic rings. The van der Waals surface area contributed by atoms with Gasteiger partial charge in [0.1, 0.15) is 0 Å². The van der Waals surface area contributed by atoms with E-state index in [0.29, 0.717) is 6.54 Å². The second-order valence-corrected chi connectivity index (χ2v) is 3.87. The average Bonchev–Trinajstić information content (AvgIpc) is 2.95. The fraction of sp³-hybridized carbons (Fsp3) is 0.364. The van der Waals surface area contributed by atoms with Crippen LogP contribution in [0.4, 0.5) is 0 Å². The van der Waals surface area contributed by atoms with Crippen molar-refractivity contribution >= 4 is 5.91 Å². The van der Waals surface area contributed by atoms with Gasteiger partial charge >= 0.3 is 0 Å². The van der Waals surface area contributed by atoms with Crippen molar-refractivity contribution < 1.29 is 4.79 Å². The Balaban J connectivity index is 2.09. The van der Waals surface area contributed by atoms with Gasteiger partial charge in [-0.1, -0.05) is 6.07 Å². The lowest BCUT2D eigenvalue weighted by molar-refractivity contribution is -0.119. The van der Waals surface area contributed by atoms with Crippen molar-refractivity contribution in [2.45, 2.75) is 25.4 Å². The maximum atomic E-state index is 10.7. The molecule has 0 aliphatic heterocycles. The van der Waals surface area contributed by atoms with E-state index in [9.17, 15) is 4.79 Å². The Bertz CT molecular complexity index is 385. The summed E-state index contributed by atoms with van der Waals surface area (Å²) in [6.45, 7) is 1.95. The number of hydrogen-bond donors (Lipinski definition) is 2. The van der Waals surface area contributed by atoms with Crippen molar-refractivity contribution in [3.63, 3.8) is 0 Å². The highest BCUT2D eigenvalue weighted by molar-refractivity contribution is 5.72. The van der Waals surface area contributed by atoms with Crippen LogP contribution in [0.3, 0.4) is 0 Å². The van der Waals surface area contributed by atoms with Crippen LogP contribution < -0.4 is 11.1 Å². The van der Waals surface area contributed by atoms with Crippen molar-refractivity contribution in [1.82, 2.24) is 10.3 Å². The van der Waals surface area contributed by atoms with Crippen LogP contribution in [0, 0.1) is 6.42 Å². The Labute approximate surface area is 88.9 Å². The minimum atomic E-state index is -0.327. The normalized spacial score (nSPS) is 17.2. The zero-order valence-corrected chi connectivity index (χ0v) is 8.66. The second kappa shape index (κ2) is 3.62. The van der Waals surface area contributed by atoms with Crippen LogP contribution in [0.15, 0.2) is 18.2 Å². The summed E-state index contributed by atoms with van der Waals surface area (Å²) >= 11 is 0. The molecule has 2 rings (SSSR count). The standard InChI is InChI=1S/C11H14N3O/c1-8(15)13-7-9-3-2-4-10(14-9)11(12)5-6-11/h2-5H,6-7,12H2,1H3,(H,13,15). The van der Waals surface area contributed by atoms with Crippen LogP contribution in [0.25, 0.3) is 0 Å². The van der Waals surface area contributed by atoms with E-state index in [-0.39, 0.29) is 11.4 Å². The van der Waals surface area contributed by atoms with Gasteiger partial charge in [0.15, 0.2) is 0 Å². The molecule has 15 heavy (non-hydrogen) atoms. The number of nitrogens with one attached hydrogen (secondary N) is 1. The molecule has 1 heterocycles. The molecule has 1 fully saturated rings. The first-order valence-electron chi connectivity index (χ1n) is 4.94. The quantitative estimate of drug-likeness (QED) is 0.752. The smallest absolute Gasteiger partial charge is 0.217 e. The summed E-state index contributed by atoms with van der Waals surface area (Å²) in [6.07, 6.45) is 2.90. The molecule has 1 atom stereocenters. The number of hydrogen-bond acceptors (Lipinski definition) is 3. The highest BCUT2D eigenvalue weighted by atomic mass is 16.1. The first kappa shape index (κ1) is 10.1. The van der Waals surface area contributed by atoms with Gasteiger partial charge in [-0.25, -0.2) is 0 Å². The number of carbonyl (C=O) groups excluding carboxylic acids is 1. The van der Waals surface area contributed by atoms with Crippen molar-refractivity contribution in [2.24, 2.45) is 5.73 Å². The Kier molecular flexibility index (Phi) is 2.44. The van der Waals surface area contributed by atoms with E-state index in [1.54, 1.807) is 0 Å². The van der Waals surface area contributed by atoms with Gasteiger partial charge in [-0.2, -0.15) is 0 Å². The summed E-state index contributed by atoms with van der Waals surface area (Å²) in [5.41, 5.74) is 7.38. The van der Waals surface area contributed by atoms with E-state index in [4.69, 9.17) is 5.73 Å². The molecule has 1 unspecified atom stereocenters. The van der Waals surface area contributed by atoms with Crippen molar-refractivity contribution in [3.8, 4) is 0 Å². The molecular formula is C11H14N3O. The van der Waals surface area contributed by atoms with Gasteiger partial charge in [0, 0.05) is 6.92 Å². The fourth-order valence-electron chi connectivity index (χ4n) is 1.37. The van der Waals surface area contributed by atoms with Gasteiger partial charge in [-0.3, -0.25) is 9.78 Å². The Hall–Kier alpha value is -1.42. The van der Waals surface area contributed by atoms with Crippen molar-refractivity contribution in [1.29, 1.82) is 0 Å². The van der Waals surface area contributed by atoms with Gasteiger partial charge in [-0.15, -0.1) is 0 Å². The first-order chi connectivity index (χ1) is 7.10. The maximum Gasteiger partial charge on any atom is 0.217 e. The van der Waals surface area contributed by atoms with E-state index in [2.05, 4.69) is 10.3 Å². The molecule has 3 N–H and O–H groups in total. The summed E-state index contributed by atoms with van der Waals surface area (Å²) in [5, 5.41) is 2.71. The molecule has 1 aliphatic carbocycles. The average molecular weight is 204 g/mol. The summed E-state index contributed by atoms with van der Waals surface area (Å²) in [6, 6.07) is 5.71. The maximum absolute atomic E-state index is 10.7. The predicted molar refractivity (Wildman–Crippen MR) is 56.5 cm³/mol. The zero-order valence-electron chi connectivity index (χ0n) is 8.66. The number of amides is 1. The van der Waals surface area contributed by atoms with Crippen LogP contribution in [0.1, 0.15) is 24.7 Å². The molecule has 1 saturated carbocycles. The van der Waals surface area contributed by atoms with Crippen LogP contribution in [-0.2, 0) is 16.9 Å². The monoisotopic (exact) mass is 204 g/mol. The number of rotatable bonds is 3. The molecule has 1 aromatic heterocycles. The highest BCUT2D eigenvalue weighted by Crippen LogP contribution is 2.40. The molecule has 1 radical (unpaired) electrons. The Morgan fingerprint density at radius 1 is 1.67 bits per heavy atom. The predicted octanol–water partition coefficient (Wildman–Crippen LogP) is 0.480. The lowest BCUT2D eigenvalue weighted by Crippen LogP contribution is -2.23. The molecule has 1 amide bonds. The highest BCUT2D eigenvalue weighted by Gasteiger charge is 2.41. The molecule has 4 nitrogen and oxygen atoms in total. The van der Waals surface area contributed by atoms with E-state index >= 15 is 0 Å². The largest absolute Gasteiger partial charge is 0.351 e. The number of nitrogens with two attached hydrogens (primary N) is 1.